The fraction of sp³-hybridized carbons (Fsp3) is 0.775. The Labute approximate surface area is 830 Å². The molecule has 741 valence electrons. The molecule has 1 aliphatic carbocycles. The predicted molar refractivity (Wildman–Crippen MR) is 519 cm³/mol. The number of benzene rings is 2. The molecule has 0 amide bonds. The first kappa shape index (κ1) is 125. The molecule has 9 atom stereocenters. The summed E-state index contributed by atoms with van der Waals surface area (Å²) >= 11 is 0.0347. The molecule has 5 aliphatic heterocycles. The summed E-state index contributed by atoms with van der Waals surface area (Å²) in [6.45, 7) is 47.8. The van der Waals surface area contributed by atoms with Crippen LogP contribution >= 0.6 is 101 Å². The number of hydrogen-bond acceptors (Lipinski definition) is 29. The molecule has 2 aromatic carbocycles. The largest absolute Gasteiger partial charge is 0.348 e. The third-order valence-electron chi connectivity index (χ3n) is 20.5. The molecule has 0 radical (unpaired) electrons. The van der Waals surface area contributed by atoms with Crippen LogP contribution in [0.2, 0.25) is 0 Å². The average molecular weight is 2190 g/mol. The average Bonchev–Trinajstić information content (AvgIpc) is 0.929. The van der Waals surface area contributed by atoms with Crippen molar-refractivity contribution in [2.75, 3.05) is 268 Å². The second-order valence-corrected chi connectivity index (χ2v) is 40.2. The fourth-order valence-corrected chi connectivity index (χ4v) is 14.0. The molecule has 1 saturated carbocycles. The standard InChI is InChI=1S/C18H33N9.2C17H31N5O.C16H35N5.C12H29N5.10ClH.5Mn/c1-2-20-5-6-24-18(8-17-11-23-14-27-17)12-25-15(9-21-4-3-19-1)7-16-10-22-13-26-16;23-17-3-1-2-15(13-17)12-16-14-21-9-8-19-5-4-18-6-7-20-10-11-22-16;23-17-4-2-1-3-15(17)13-16-14-21-10-9-19-6-5-18-7-8-20-11-12-22-16;1-13-11-20-15-5-3-4-6-16(15)21-12-14(2)19-10-8-17-7-9-18-13;1-2-12-11-16-8-7-14-4-3-13-5-6-15-9-10-17-12;;;;;;;;;;;;;;;/h10-11,13-15,18-21,24-25H,1-9,12H2,(H,22,26)(H,23,27);1-3,13,16,18-23H,4-12,14H2;1-4,16,18-23H,5-14H2;13-21H,3-12H2,1-2H3;12-17H,2-11H2,1H3;10*1H;;;;;/q;;;;;;;;;;;;;;;5*+2/p-10/t15-,18+;;;13-,14+,15?,16?;;;;;;;;;;;;;;;;/m1.................../s1. The fourth-order valence-electron chi connectivity index (χ4n) is 14.0. The summed E-state index contributed by atoms with van der Waals surface area (Å²) in [4.78, 5) is 14.7. The van der Waals surface area contributed by atoms with Gasteiger partial charge in [-0.3, -0.25) is 0 Å². The van der Waals surface area contributed by atoms with E-state index in [1.54, 1.807) is 24.8 Å². The Balaban J connectivity index is 0.000000760. The monoisotopic (exact) mass is 2180 g/mol. The van der Waals surface area contributed by atoms with Gasteiger partial charge < -0.3 is 153 Å². The van der Waals surface area contributed by atoms with Gasteiger partial charge in [0.2, 0.25) is 0 Å². The van der Waals surface area contributed by atoms with Crippen molar-refractivity contribution in [2.24, 2.45) is 0 Å². The first-order valence-electron chi connectivity index (χ1n) is 44.6. The van der Waals surface area contributed by atoms with Gasteiger partial charge >= 0.3 is 167 Å². The molecule has 31 nitrogen and oxygen atoms in total. The summed E-state index contributed by atoms with van der Waals surface area (Å²) < 4.78 is 0. The molecule has 4 aromatic rings. The van der Waals surface area contributed by atoms with E-state index < -0.39 is 0 Å². The molecule has 126 heavy (non-hydrogen) atoms. The van der Waals surface area contributed by atoms with Crippen molar-refractivity contribution in [3.8, 4) is 11.5 Å². The number of fused-ring (bicyclic) bond motifs is 1. The van der Waals surface area contributed by atoms with Crippen LogP contribution in [0.25, 0.3) is 0 Å². The third-order valence-corrected chi connectivity index (χ3v) is 20.5. The van der Waals surface area contributed by atoms with Gasteiger partial charge in [-0.2, -0.15) is 0 Å². The van der Waals surface area contributed by atoms with Gasteiger partial charge in [-0.1, -0.05) is 50.1 Å². The zero-order valence-corrected chi connectivity index (χ0v) is 87.9. The molecule has 29 N–H and O–H groups in total. The summed E-state index contributed by atoms with van der Waals surface area (Å²) in [5.41, 5.74) is 4.48. The van der Waals surface area contributed by atoms with E-state index in [9.17, 15) is 10.2 Å². The van der Waals surface area contributed by atoms with Crippen molar-refractivity contribution in [1.29, 1.82) is 0 Å². The second kappa shape index (κ2) is 97.6. The van der Waals surface area contributed by atoms with Gasteiger partial charge in [0.25, 0.3) is 0 Å². The number of aromatic nitrogens is 4. The summed E-state index contributed by atoms with van der Waals surface area (Å²) in [6, 6.07) is 19.5. The summed E-state index contributed by atoms with van der Waals surface area (Å²) in [6.07, 6.45) is 17.5. The van der Waals surface area contributed by atoms with Crippen molar-refractivity contribution in [2.45, 2.75) is 133 Å². The summed E-state index contributed by atoms with van der Waals surface area (Å²) in [5.74, 6) is 0.724. The van der Waals surface area contributed by atoms with Gasteiger partial charge in [-0.05, 0) is 75.3 Å². The number of aromatic hydroxyl groups is 2. The van der Waals surface area contributed by atoms with Crippen molar-refractivity contribution in [3.05, 3.63) is 96.1 Å². The Morgan fingerprint density at radius 2 is 0.603 bits per heavy atom. The maximum atomic E-state index is 9.97. The van der Waals surface area contributed by atoms with E-state index in [4.69, 9.17) is 101 Å². The molecule has 0 bridgehead atoms. The van der Waals surface area contributed by atoms with E-state index in [-0.39, 0.29) is 65.7 Å². The van der Waals surface area contributed by atoms with Gasteiger partial charge in [0.05, 0.1) is 12.7 Å². The maximum absolute atomic E-state index is 9.97. The number of H-pyrrole nitrogens is 2. The number of phenolic OH excluding ortho intramolecular Hbond substituents is 2. The number of imidazole rings is 2. The third kappa shape index (κ3) is 80.0. The Morgan fingerprint density at radius 3 is 0.929 bits per heavy atom. The molecule has 10 rings (SSSR count). The van der Waals surface area contributed by atoms with E-state index >= 15 is 0 Å². The van der Waals surface area contributed by atoms with Crippen LogP contribution in [0, 0.1) is 0 Å². The topological polar surface area (TPSA) is 399 Å². The Bertz CT molecular complexity index is 2710. The van der Waals surface area contributed by atoms with Gasteiger partial charge in [0.15, 0.2) is 0 Å². The molecular weight excluding hydrogens is 2030 g/mol. The van der Waals surface area contributed by atoms with Crippen LogP contribution in [0.3, 0.4) is 0 Å². The van der Waals surface area contributed by atoms with Crippen molar-refractivity contribution in [3.63, 3.8) is 0 Å². The molecular formula is C80H159Cl10Mn5N29O2. The smallest absolute Gasteiger partial charge is 0.0921 e. The minimum atomic E-state index is 0.00694. The number of rotatable bonds is 9. The van der Waals surface area contributed by atoms with E-state index in [1.165, 1.54) is 32.1 Å². The minimum Gasteiger partial charge on any atom is -0.348 e. The summed E-state index contributed by atoms with van der Waals surface area (Å²) in [5, 5.41) is 108. The van der Waals surface area contributed by atoms with Crippen LogP contribution in [0.1, 0.15) is 75.4 Å². The van der Waals surface area contributed by atoms with E-state index in [0.717, 1.165) is 317 Å². The van der Waals surface area contributed by atoms with Crippen LogP contribution < -0.4 is 133 Å². The zero-order valence-electron chi connectivity index (χ0n) is 74.4. The van der Waals surface area contributed by atoms with E-state index in [1.807, 2.05) is 42.7 Å². The molecule has 46 heteroatoms. The molecule has 6 aliphatic rings. The van der Waals surface area contributed by atoms with Gasteiger partial charge in [0.1, 0.15) is 11.5 Å². The van der Waals surface area contributed by atoms with E-state index in [2.05, 4.69) is 180 Å². The Kier molecular flexibility index (Phi) is 96.8. The van der Waals surface area contributed by atoms with Crippen LogP contribution in [0.15, 0.2) is 73.6 Å². The quantitative estimate of drug-likeness (QED) is 0.107. The molecule has 2 aromatic heterocycles. The van der Waals surface area contributed by atoms with Crippen LogP contribution in [0.5, 0.6) is 11.5 Å². The molecule has 5 unspecified atom stereocenters. The van der Waals surface area contributed by atoms with Crippen molar-refractivity contribution < 1.29 is 75.9 Å². The normalized spacial score (nSPS) is 24.2. The molecule has 5 saturated heterocycles. The SMILES string of the molecule is CCC1CNCCNCCNCCNCCN1.C[C@@H]1CNC2CCCCC2NC[C@H](C)NCCNCCN1.Oc1cccc(CC2CNCCNCCNCCNCCN2)c1.Oc1ccccc1CC1CNCCNCCNCCNCCN1.[Cl][Mn][Cl].[Cl][Mn][Cl].[Cl][Mn][Cl].[Cl][Mn][Cl].[Cl][Mn][Cl].c1ncc(C[C@H]2CN[C@H](Cc3cnc[nH]3)CNCCNCCNCCN2)[nH]1. The van der Waals surface area contributed by atoms with Gasteiger partial charge in [0, 0.05) is 359 Å². The first-order valence-corrected chi connectivity index (χ1v) is 60.9. The maximum Gasteiger partial charge on any atom is 0.0921 e. The Morgan fingerprint density at radius 1 is 0.310 bits per heavy atom. The number of aromatic amines is 2. The number of hydrogen-bond donors (Lipinski definition) is 29. The van der Waals surface area contributed by atoms with Gasteiger partial charge in [-0.15, -0.1) is 0 Å². The van der Waals surface area contributed by atoms with Crippen LogP contribution in [0.4, 0.5) is 0 Å². The Hall–Kier alpha value is 0.957. The molecule has 7 heterocycles. The van der Waals surface area contributed by atoms with Crippen molar-refractivity contribution in [1.82, 2.24) is 153 Å². The van der Waals surface area contributed by atoms with Crippen molar-refractivity contribution >= 4 is 101 Å². The number of nitrogens with one attached hydrogen (secondary N) is 27. The van der Waals surface area contributed by atoms with Gasteiger partial charge in [-0.25, -0.2) is 9.97 Å². The predicted octanol–water partition coefficient (Wildman–Crippen LogP) is 2.79. The first-order chi connectivity index (χ1) is 61.9. The van der Waals surface area contributed by atoms with Crippen LogP contribution in [-0.4, -0.2) is 353 Å². The molecule has 6 fully saturated rings. The van der Waals surface area contributed by atoms with E-state index in [0.29, 0.717) is 65.9 Å². The number of phenols is 2. The minimum absolute atomic E-state index is 0.00694. The number of para-hydroxylation sites is 1. The molecule has 0 spiro atoms. The van der Waals surface area contributed by atoms with Crippen LogP contribution in [-0.2, 0) is 91.4 Å². The number of nitrogens with zero attached hydrogens (tertiary/aromatic N) is 2. The summed E-state index contributed by atoms with van der Waals surface area (Å²) in [7, 11) is 48.0. The number of halogens is 10. The second-order valence-electron chi connectivity index (χ2n) is 30.5. The zero-order chi connectivity index (χ0) is 91.5.